The maximum Gasteiger partial charge on any atom is 0.306 e. The molecule has 0 rings (SSSR count). The number of ether oxygens (including phenoxy) is 2. The Bertz CT molecular complexity index is 637. The summed E-state index contributed by atoms with van der Waals surface area (Å²) in [5, 5.41) is 0. The minimum Gasteiger partial charge on any atom is -0.756 e. The summed E-state index contributed by atoms with van der Waals surface area (Å²) in [6.45, 7) is 3.55. The second-order valence-electron chi connectivity index (χ2n) is 11.1. The van der Waals surface area contributed by atoms with E-state index in [0.29, 0.717) is 6.42 Å². The molecule has 40 heavy (non-hydrogen) atoms. The molecule has 0 bridgehead atoms. The predicted molar refractivity (Wildman–Crippen MR) is 159 cm³/mol. The van der Waals surface area contributed by atoms with Crippen molar-refractivity contribution in [3.05, 3.63) is 0 Å². The predicted octanol–water partition coefficient (Wildman–Crippen LogP) is 8.32. The molecule has 0 fully saturated rings. The van der Waals surface area contributed by atoms with Crippen molar-refractivity contribution in [1.29, 1.82) is 0 Å². The number of rotatable bonds is 30. The quantitative estimate of drug-likeness (QED) is 0.0502. The zero-order valence-corrected chi connectivity index (χ0v) is 26.6. The molecule has 0 aromatic carbocycles. The maximum atomic E-state index is 12.2. The van der Waals surface area contributed by atoms with Crippen LogP contribution in [0, 0.1) is 0 Å². The van der Waals surface area contributed by atoms with Gasteiger partial charge in [0.15, 0.2) is 6.10 Å². The highest BCUT2D eigenvalue weighted by molar-refractivity contribution is 7.44. The maximum absolute atomic E-state index is 12.2. The van der Waals surface area contributed by atoms with Gasteiger partial charge in [0.25, 0.3) is 7.82 Å². The minimum atomic E-state index is -4.98. The Balaban J connectivity index is 4.01. The van der Waals surface area contributed by atoms with Gasteiger partial charge in [-0.15, -0.1) is 0 Å². The van der Waals surface area contributed by atoms with E-state index in [1.165, 1.54) is 96.3 Å². The van der Waals surface area contributed by atoms with E-state index in [-0.39, 0.29) is 19.4 Å². The fraction of sp³-hybridized carbons (Fsp3) is 0.935. The Morgan fingerprint density at radius 1 is 0.600 bits per heavy atom. The van der Waals surface area contributed by atoms with E-state index in [9.17, 15) is 19.0 Å². The monoisotopic (exact) mass is 591 g/mol. The lowest BCUT2D eigenvalue weighted by molar-refractivity contribution is -0.223. The topological polar surface area (TPSA) is 122 Å². The molecular weight excluding hydrogens is 531 g/mol. The number of esters is 2. The smallest absolute Gasteiger partial charge is 0.306 e. The molecule has 0 amide bonds. The average Bonchev–Trinajstić information content (AvgIpc) is 2.91. The summed E-state index contributed by atoms with van der Waals surface area (Å²) in [6.07, 6.45) is 25.2. The standard InChI is InChI=1S/C31H61O8P/c1-3-5-7-9-11-13-15-17-19-21-23-25-30(32)37-27-29(28-38-40(34,35)36)39-31(33)26-24-22-20-18-16-14-12-10-8-6-4-2/h29H,3-28H2,1-2H3,(H2,34,35,36)/p-1/t29-/m1/s1. The highest BCUT2D eigenvalue weighted by atomic mass is 31.2. The molecule has 0 spiro atoms. The van der Waals surface area contributed by atoms with E-state index in [1.54, 1.807) is 0 Å². The van der Waals surface area contributed by atoms with Gasteiger partial charge >= 0.3 is 11.9 Å². The van der Waals surface area contributed by atoms with Crippen molar-refractivity contribution in [3.63, 3.8) is 0 Å². The van der Waals surface area contributed by atoms with Crippen LogP contribution >= 0.6 is 7.82 Å². The van der Waals surface area contributed by atoms with Gasteiger partial charge in [-0.05, 0) is 12.8 Å². The summed E-state index contributed by atoms with van der Waals surface area (Å²) < 4.78 is 25.9. The van der Waals surface area contributed by atoms with Gasteiger partial charge in [-0.2, -0.15) is 0 Å². The molecule has 0 aliphatic heterocycles. The molecule has 0 saturated carbocycles. The summed E-state index contributed by atoms with van der Waals surface area (Å²) in [7, 11) is -4.98. The third-order valence-electron chi connectivity index (χ3n) is 7.12. The van der Waals surface area contributed by atoms with Gasteiger partial charge in [0.1, 0.15) is 6.61 Å². The first-order valence-electron chi connectivity index (χ1n) is 16.3. The van der Waals surface area contributed by atoms with E-state index in [1.807, 2.05) is 0 Å². The van der Waals surface area contributed by atoms with Crippen LogP contribution in [0.1, 0.15) is 168 Å². The zero-order chi connectivity index (χ0) is 29.7. The number of phosphoric acid groups is 1. The largest absolute Gasteiger partial charge is 0.756 e. The van der Waals surface area contributed by atoms with Crippen LogP contribution in [-0.4, -0.2) is 36.1 Å². The normalized spacial score (nSPS) is 13.6. The highest BCUT2D eigenvalue weighted by Crippen LogP contribution is 2.30. The van der Waals surface area contributed by atoms with E-state index >= 15 is 0 Å². The Hall–Kier alpha value is -0.950. The van der Waals surface area contributed by atoms with Gasteiger partial charge < -0.3 is 23.8 Å². The minimum absolute atomic E-state index is 0.203. The summed E-state index contributed by atoms with van der Waals surface area (Å²) in [5.74, 6) is -0.916. The molecule has 0 heterocycles. The molecule has 0 aliphatic carbocycles. The lowest BCUT2D eigenvalue weighted by Gasteiger charge is -2.21. The van der Waals surface area contributed by atoms with Crippen molar-refractivity contribution < 1.29 is 37.9 Å². The lowest BCUT2D eigenvalue weighted by Crippen LogP contribution is -2.30. The van der Waals surface area contributed by atoms with Gasteiger partial charge in [0, 0.05) is 12.8 Å². The summed E-state index contributed by atoms with van der Waals surface area (Å²) in [6, 6.07) is 0. The first kappa shape index (κ1) is 39.0. The molecule has 1 N–H and O–H groups in total. The fourth-order valence-corrected chi connectivity index (χ4v) is 5.02. The van der Waals surface area contributed by atoms with Crippen LogP contribution < -0.4 is 4.89 Å². The third-order valence-corrected chi connectivity index (χ3v) is 7.60. The molecule has 8 nitrogen and oxygen atoms in total. The summed E-state index contributed by atoms with van der Waals surface area (Å²) in [5.41, 5.74) is 0. The van der Waals surface area contributed by atoms with Crippen molar-refractivity contribution in [2.45, 2.75) is 174 Å². The van der Waals surface area contributed by atoms with Crippen molar-refractivity contribution >= 4 is 19.8 Å². The molecule has 238 valence electrons. The molecule has 1 unspecified atom stereocenters. The SMILES string of the molecule is CCCCCCCCCCCCCC(=O)OC[C@H](COP(=O)([O-])O)OC(=O)CCCCCCCCCCCCC. The van der Waals surface area contributed by atoms with E-state index in [2.05, 4.69) is 18.4 Å². The van der Waals surface area contributed by atoms with Gasteiger partial charge in [0.2, 0.25) is 0 Å². The molecule has 0 aliphatic rings. The van der Waals surface area contributed by atoms with Crippen LogP contribution in [0.15, 0.2) is 0 Å². The number of unbranched alkanes of at least 4 members (excludes halogenated alkanes) is 20. The second kappa shape index (κ2) is 28.2. The number of carbonyl (C=O) groups is 2. The average molecular weight is 592 g/mol. The van der Waals surface area contributed by atoms with Crippen LogP contribution in [0.2, 0.25) is 0 Å². The fourth-order valence-electron chi connectivity index (χ4n) is 4.66. The Morgan fingerprint density at radius 3 is 1.32 bits per heavy atom. The zero-order valence-electron chi connectivity index (χ0n) is 25.7. The van der Waals surface area contributed by atoms with Crippen LogP contribution in [0.4, 0.5) is 0 Å². The van der Waals surface area contributed by atoms with Gasteiger partial charge in [-0.25, -0.2) is 0 Å². The third kappa shape index (κ3) is 30.0. The summed E-state index contributed by atoms with van der Waals surface area (Å²) >= 11 is 0. The van der Waals surface area contributed by atoms with Crippen molar-refractivity contribution in [1.82, 2.24) is 0 Å². The van der Waals surface area contributed by atoms with Gasteiger partial charge in [-0.1, -0.05) is 142 Å². The van der Waals surface area contributed by atoms with Crippen molar-refractivity contribution in [3.8, 4) is 0 Å². The van der Waals surface area contributed by atoms with E-state index in [4.69, 9.17) is 14.4 Å². The molecular formula is C31H60O8P-. The Morgan fingerprint density at radius 2 is 0.950 bits per heavy atom. The van der Waals surface area contributed by atoms with Gasteiger partial charge in [0.05, 0.1) is 6.61 Å². The van der Waals surface area contributed by atoms with Crippen LogP contribution in [0.5, 0.6) is 0 Å². The molecule has 0 aromatic heterocycles. The molecule has 2 atom stereocenters. The number of hydrogen-bond donors (Lipinski definition) is 1. The lowest BCUT2D eigenvalue weighted by atomic mass is 10.1. The highest BCUT2D eigenvalue weighted by Gasteiger charge is 2.19. The molecule has 0 radical (unpaired) electrons. The van der Waals surface area contributed by atoms with Crippen molar-refractivity contribution in [2.75, 3.05) is 13.2 Å². The first-order valence-corrected chi connectivity index (χ1v) is 17.8. The number of carbonyl (C=O) groups excluding carboxylic acids is 2. The first-order chi connectivity index (χ1) is 19.3. The Labute approximate surface area is 244 Å². The molecule has 0 saturated heterocycles. The van der Waals surface area contributed by atoms with Crippen molar-refractivity contribution in [2.24, 2.45) is 0 Å². The molecule has 9 heteroatoms. The number of hydrogen-bond acceptors (Lipinski definition) is 7. The van der Waals surface area contributed by atoms with Crippen LogP contribution in [-0.2, 0) is 28.2 Å². The summed E-state index contributed by atoms with van der Waals surface area (Å²) in [4.78, 5) is 44.2. The van der Waals surface area contributed by atoms with Gasteiger partial charge in [-0.3, -0.25) is 14.2 Å². The van der Waals surface area contributed by atoms with E-state index < -0.39 is 32.5 Å². The second-order valence-corrected chi connectivity index (χ2v) is 12.3. The van der Waals surface area contributed by atoms with Crippen LogP contribution in [0.25, 0.3) is 0 Å². The Kier molecular flexibility index (Phi) is 27.5. The number of phosphoric ester groups is 1. The molecule has 0 aromatic rings. The van der Waals surface area contributed by atoms with Crippen LogP contribution in [0.3, 0.4) is 0 Å². The van der Waals surface area contributed by atoms with E-state index in [0.717, 1.165) is 38.5 Å².